The van der Waals surface area contributed by atoms with Gasteiger partial charge in [0.15, 0.2) is 0 Å². The Hall–Kier alpha value is -3.96. The molecule has 1 aromatic rings. The zero-order chi connectivity index (χ0) is 35.8. The van der Waals surface area contributed by atoms with Crippen LogP contribution in [0.2, 0.25) is 0 Å². The fourth-order valence-electron chi connectivity index (χ4n) is 6.89. The number of carbonyl (C=O) groups excluding carboxylic acids is 5. The van der Waals surface area contributed by atoms with Crippen LogP contribution in [0.5, 0.6) is 0 Å². The molecule has 2 saturated carbocycles. The molecule has 1 aliphatic heterocycles. The van der Waals surface area contributed by atoms with E-state index in [-0.39, 0.29) is 47.7 Å². The van der Waals surface area contributed by atoms with Crippen LogP contribution in [0.25, 0.3) is 0 Å². The Morgan fingerprint density at radius 1 is 1.00 bits per heavy atom. The summed E-state index contributed by atoms with van der Waals surface area (Å²) in [6, 6.07) is 1.04. The van der Waals surface area contributed by atoms with Crippen LogP contribution >= 0.6 is 0 Å². The van der Waals surface area contributed by atoms with Gasteiger partial charge in [-0.2, -0.15) is 0 Å². The van der Waals surface area contributed by atoms with Crippen LogP contribution in [0.4, 0.5) is 4.79 Å². The minimum atomic E-state index is -0.999. The number of hydrogen-bond acceptors (Lipinski definition) is 6. The Balaban J connectivity index is 1.53. The minimum absolute atomic E-state index is 0.0783. The molecular weight excluding hydrogens is 612 g/mol. The fourth-order valence-corrected chi connectivity index (χ4v) is 6.89. The number of fused-ring (bicyclic) bond motifs is 1. The predicted octanol–water partition coefficient (Wildman–Crippen LogP) is 2.62. The Bertz CT molecular complexity index is 1480. The van der Waals surface area contributed by atoms with Gasteiger partial charge in [-0.25, -0.2) is 4.79 Å². The summed E-state index contributed by atoms with van der Waals surface area (Å²) in [6.07, 6.45) is 5.37. The van der Waals surface area contributed by atoms with E-state index in [1.54, 1.807) is 23.2 Å². The van der Waals surface area contributed by atoms with Crippen molar-refractivity contribution in [2.75, 3.05) is 13.1 Å². The first-order chi connectivity index (χ1) is 22.3. The molecule has 48 heavy (non-hydrogen) atoms. The number of nitrogens with one attached hydrogen (secondary N) is 4. The van der Waals surface area contributed by atoms with E-state index in [0.717, 1.165) is 12.8 Å². The lowest BCUT2D eigenvalue weighted by molar-refractivity contribution is -0.145. The summed E-state index contributed by atoms with van der Waals surface area (Å²) >= 11 is 0. The normalized spacial score (nSPS) is 23.2. The van der Waals surface area contributed by atoms with Gasteiger partial charge in [0.2, 0.25) is 17.6 Å². The number of nitrogens with zero attached hydrogens (tertiary/aromatic N) is 2. The number of likely N-dealkylation sites (tertiary alicyclic amines) is 1. The monoisotopic (exact) mass is 666 g/mol. The van der Waals surface area contributed by atoms with Crippen molar-refractivity contribution in [1.82, 2.24) is 30.7 Å². The van der Waals surface area contributed by atoms with E-state index in [0.29, 0.717) is 13.0 Å². The number of piperidine rings is 1. The molecular formula is C36H54N6O6. The molecule has 3 fully saturated rings. The van der Waals surface area contributed by atoms with E-state index >= 15 is 0 Å². The number of aromatic nitrogens is 1. The number of hydrogen-bond donors (Lipinski definition) is 4. The average molecular weight is 667 g/mol. The van der Waals surface area contributed by atoms with Gasteiger partial charge in [-0.1, -0.05) is 80.4 Å². The molecule has 3 aliphatic rings. The van der Waals surface area contributed by atoms with E-state index in [2.05, 4.69) is 41.7 Å². The molecule has 2 aliphatic carbocycles. The number of amides is 5. The summed E-state index contributed by atoms with van der Waals surface area (Å²) in [7, 11) is 0. The van der Waals surface area contributed by atoms with E-state index in [1.807, 2.05) is 41.5 Å². The Morgan fingerprint density at radius 3 is 2.23 bits per heavy atom. The number of urea groups is 1. The number of pyridine rings is 1. The summed E-state index contributed by atoms with van der Waals surface area (Å²) in [4.78, 5) is 81.7. The van der Waals surface area contributed by atoms with Crippen molar-refractivity contribution < 1.29 is 24.0 Å². The van der Waals surface area contributed by atoms with Gasteiger partial charge in [0, 0.05) is 31.9 Å². The lowest BCUT2D eigenvalue weighted by Gasteiger charge is -2.38. The number of carbonyl (C=O) groups is 5. The first-order valence-corrected chi connectivity index (χ1v) is 17.0. The van der Waals surface area contributed by atoms with Gasteiger partial charge in [-0.15, -0.1) is 6.58 Å². The lowest BCUT2D eigenvalue weighted by atomic mass is 9.85. The second kappa shape index (κ2) is 13.9. The van der Waals surface area contributed by atoms with Gasteiger partial charge in [0.25, 0.3) is 11.5 Å². The van der Waals surface area contributed by atoms with Crippen molar-refractivity contribution in [1.29, 1.82) is 0 Å². The van der Waals surface area contributed by atoms with Crippen molar-refractivity contribution >= 4 is 29.5 Å². The van der Waals surface area contributed by atoms with Crippen molar-refractivity contribution in [3.8, 4) is 0 Å². The molecule has 4 rings (SSSR count). The topological polar surface area (TPSA) is 159 Å². The molecule has 0 bridgehead atoms. The van der Waals surface area contributed by atoms with Gasteiger partial charge < -0.3 is 30.7 Å². The Kier molecular flexibility index (Phi) is 10.7. The van der Waals surface area contributed by atoms with E-state index in [1.165, 1.54) is 16.7 Å². The van der Waals surface area contributed by atoms with Crippen LogP contribution in [0.1, 0.15) is 74.7 Å². The van der Waals surface area contributed by atoms with Crippen molar-refractivity contribution in [2.45, 2.75) is 105 Å². The predicted molar refractivity (Wildman–Crippen MR) is 183 cm³/mol. The smallest absolute Gasteiger partial charge is 0.315 e. The average Bonchev–Trinajstić information content (AvgIpc) is 3.84. The quantitative estimate of drug-likeness (QED) is 0.187. The second-order valence-electron chi connectivity index (χ2n) is 16.5. The van der Waals surface area contributed by atoms with E-state index in [4.69, 9.17) is 0 Å². The van der Waals surface area contributed by atoms with E-state index < -0.39 is 58.6 Å². The van der Waals surface area contributed by atoms with Crippen LogP contribution in [-0.2, 0) is 25.7 Å². The highest BCUT2D eigenvalue weighted by Gasteiger charge is 2.70. The molecule has 4 N–H and O–H groups in total. The van der Waals surface area contributed by atoms with Gasteiger partial charge >= 0.3 is 6.03 Å². The summed E-state index contributed by atoms with van der Waals surface area (Å²) in [6.45, 7) is 19.8. The van der Waals surface area contributed by atoms with Gasteiger partial charge in [-0.3, -0.25) is 24.0 Å². The van der Waals surface area contributed by atoms with Crippen LogP contribution in [-0.4, -0.2) is 76.3 Å². The van der Waals surface area contributed by atoms with Gasteiger partial charge in [0.05, 0.1) is 12.1 Å². The van der Waals surface area contributed by atoms with Crippen LogP contribution in [0.3, 0.4) is 0 Å². The highest BCUT2D eigenvalue weighted by Crippen LogP contribution is 2.65. The fraction of sp³-hybridized carbons (Fsp3) is 0.667. The Morgan fingerprint density at radius 2 is 1.67 bits per heavy atom. The van der Waals surface area contributed by atoms with Crippen LogP contribution in [0.15, 0.2) is 41.8 Å². The first kappa shape index (κ1) is 36.9. The van der Waals surface area contributed by atoms with Crippen LogP contribution in [0, 0.1) is 34.0 Å². The summed E-state index contributed by atoms with van der Waals surface area (Å²) in [5.74, 6) is -2.14. The molecule has 12 heteroatoms. The van der Waals surface area contributed by atoms with Crippen molar-refractivity contribution in [3.63, 3.8) is 0 Å². The summed E-state index contributed by atoms with van der Waals surface area (Å²) < 4.78 is 1.54. The maximum Gasteiger partial charge on any atom is 0.315 e. The highest BCUT2D eigenvalue weighted by atomic mass is 16.2. The SMILES string of the molecule is C=CCNC(=O)C(=O)C(CC1CC1)NC(=O)[C@@H]1[C@@H]2[C@H](CN1C(=O)[C@@H](NC(=O)N[C@H](Cn1ccccc1=O)C(C)(C)C)C(C)(C)C)C2(C)C. The van der Waals surface area contributed by atoms with Gasteiger partial charge in [0.1, 0.15) is 12.1 Å². The molecule has 1 saturated heterocycles. The molecule has 1 unspecified atom stereocenters. The Labute approximate surface area is 283 Å². The summed E-state index contributed by atoms with van der Waals surface area (Å²) in [5.41, 5.74) is -1.52. The maximum atomic E-state index is 14.4. The number of ketones is 1. The molecule has 1 aromatic heterocycles. The standard InChI is InChI=1S/C36H54N6O6/c1-10-16-37-31(46)28(44)23(18-21-14-15-21)38-30(45)27-26-22(36(26,8)9)19-42(27)32(47)29(35(5,6)7)40-33(48)39-24(34(2,3)4)20-41-17-12-11-13-25(41)43/h10-13,17,21-24,26-27,29H,1,14-16,18-20H2,2-9H3,(H,37,46)(H,38,45)(H2,39,40,48)/t22-,23?,24+,26-,27-,29+/m0/s1. The first-order valence-electron chi connectivity index (χ1n) is 17.0. The molecule has 12 nitrogen and oxygen atoms in total. The second-order valence-corrected chi connectivity index (χ2v) is 16.5. The maximum absolute atomic E-state index is 14.4. The lowest BCUT2D eigenvalue weighted by Crippen LogP contribution is -2.62. The van der Waals surface area contributed by atoms with E-state index in [9.17, 15) is 28.8 Å². The third-order valence-corrected chi connectivity index (χ3v) is 10.3. The molecule has 2 heterocycles. The van der Waals surface area contributed by atoms with Crippen molar-refractivity contribution in [2.24, 2.45) is 34.0 Å². The largest absolute Gasteiger partial charge is 0.346 e. The van der Waals surface area contributed by atoms with Crippen molar-refractivity contribution in [3.05, 3.63) is 47.4 Å². The molecule has 0 radical (unpaired) electrons. The number of Topliss-reactive ketones (excluding diaryl/α,β-unsaturated/α-hetero) is 1. The third kappa shape index (κ3) is 8.36. The molecule has 0 aromatic carbocycles. The van der Waals surface area contributed by atoms with Crippen LogP contribution < -0.4 is 26.8 Å². The van der Waals surface area contributed by atoms with Gasteiger partial charge in [-0.05, 0) is 46.5 Å². The zero-order valence-electron chi connectivity index (χ0n) is 29.7. The summed E-state index contributed by atoms with van der Waals surface area (Å²) in [5, 5.41) is 11.3. The molecule has 264 valence electrons. The molecule has 0 spiro atoms. The minimum Gasteiger partial charge on any atom is -0.346 e. The zero-order valence-corrected chi connectivity index (χ0v) is 29.7. The molecule has 6 atom stereocenters. The highest BCUT2D eigenvalue weighted by molar-refractivity contribution is 6.38. The third-order valence-electron chi connectivity index (χ3n) is 10.3. The number of rotatable bonds is 13. The molecule has 5 amide bonds.